The summed E-state index contributed by atoms with van der Waals surface area (Å²) in [5, 5.41) is 2.92. The quantitative estimate of drug-likeness (QED) is 0.833. The molecule has 0 unspecified atom stereocenters. The predicted octanol–water partition coefficient (Wildman–Crippen LogP) is 1.92. The SMILES string of the molecule is COc1ccc(N)c(NC(=O)C2CCN(c3cnccn3)CC2)c1. The molecule has 3 rings (SSSR count). The lowest BCUT2D eigenvalue weighted by Gasteiger charge is -2.31. The Bertz CT molecular complexity index is 699. The van der Waals surface area contributed by atoms with Gasteiger partial charge in [0.15, 0.2) is 0 Å². The van der Waals surface area contributed by atoms with Crippen LogP contribution in [0.4, 0.5) is 17.2 Å². The number of methoxy groups -OCH3 is 1. The van der Waals surface area contributed by atoms with E-state index < -0.39 is 0 Å². The molecule has 1 fully saturated rings. The topological polar surface area (TPSA) is 93.4 Å². The highest BCUT2D eigenvalue weighted by Gasteiger charge is 2.26. The standard InChI is InChI=1S/C17H21N5O2/c1-24-13-2-3-14(18)15(10-13)21-17(23)12-4-8-22(9-5-12)16-11-19-6-7-20-16/h2-3,6-7,10-12H,4-5,8-9,18H2,1H3,(H,21,23). The summed E-state index contributed by atoms with van der Waals surface area (Å²) < 4.78 is 5.17. The van der Waals surface area contributed by atoms with Crippen molar-refractivity contribution in [2.24, 2.45) is 5.92 Å². The molecule has 2 aromatic rings. The number of carbonyl (C=O) groups is 1. The zero-order valence-corrected chi connectivity index (χ0v) is 13.6. The van der Waals surface area contributed by atoms with E-state index >= 15 is 0 Å². The molecular weight excluding hydrogens is 306 g/mol. The second-order valence-corrected chi connectivity index (χ2v) is 5.77. The van der Waals surface area contributed by atoms with Crippen molar-refractivity contribution in [3.05, 3.63) is 36.8 Å². The smallest absolute Gasteiger partial charge is 0.227 e. The number of aromatic nitrogens is 2. The number of ether oxygens (including phenoxy) is 1. The van der Waals surface area contributed by atoms with Gasteiger partial charge in [0.05, 0.1) is 24.7 Å². The fraction of sp³-hybridized carbons (Fsp3) is 0.353. The summed E-state index contributed by atoms with van der Waals surface area (Å²) in [6.45, 7) is 1.56. The fourth-order valence-electron chi connectivity index (χ4n) is 2.83. The van der Waals surface area contributed by atoms with E-state index in [4.69, 9.17) is 10.5 Å². The lowest BCUT2D eigenvalue weighted by Crippen LogP contribution is -2.38. The Morgan fingerprint density at radius 2 is 2.12 bits per heavy atom. The molecule has 7 nitrogen and oxygen atoms in total. The van der Waals surface area contributed by atoms with Crippen LogP contribution in [0, 0.1) is 5.92 Å². The third-order valence-electron chi connectivity index (χ3n) is 4.26. The predicted molar refractivity (Wildman–Crippen MR) is 93.0 cm³/mol. The second kappa shape index (κ2) is 7.16. The van der Waals surface area contributed by atoms with Crippen LogP contribution in [0.5, 0.6) is 5.75 Å². The number of nitrogen functional groups attached to an aromatic ring is 1. The maximum absolute atomic E-state index is 12.5. The van der Waals surface area contributed by atoms with Crippen LogP contribution in [0.1, 0.15) is 12.8 Å². The molecule has 0 aliphatic carbocycles. The summed E-state index contributed by atoms with van der Waals surface area (Å²) in [4.78, 5) is 23.0. The highest BCUT2D eigenvalue weighted by molar-refractivity contribution is 5.95. The van der Waals surface area contributed by atoms with Crippen molar-refractivity contribution in [1.82, 2.24) is 9.97 Å². The van der Waals surface area contributed by atoms with Crippen LogP contribution in [-0.4, -0.2) is 36.1 Å². The maximum atomic E-state index is 12.5. The average Bonchev–Trinajstić information content (AvgIpc) is 2.64. The number of nitrogens with zero attached hydrogens (tertiary/aromatic N) is 3. The van der Waals surface area contributed by atoms with Crippen molar-refractivity contribution < 1.29 is 9.53 Å². The number of amides is 1. The largest absolute Gasteiger partial charge is 0.497 e. The van der Waals surface area contributed by atoms with Gasteiger partial charge in [-0.25, -0.2) is 4.98 Å². The average molecular weight is 327 g/mol. The first-order chi connectivity index (χ1) is 11.7. The van der Waals surface area contributed by atoms with E-state index in [-0.39, 0.29) is 11.8 Å². The van der Waals surface area contributed by atoms with Crippen molar-refractivity contribution in [3.63, 3.8) is 0 Å². The van der Waals surface area contributed by atoms with E-state index in [1.165, 1.54) is 0 Å². The normalized spacial score (nSPS) is 15.1. The first-order valence-electron chi connectivity index (χ1n) is 7.92. The van der Waals surface area contributed by atoms with Crippen molar-refractivity contribution in [2.75, 3.05) is 36.1 Å². The minimum atomic E-state index is -0.0384. The number of rotatable bonds is 4. The minimum Gasteiger partial charge on any atom is -0.497 e. The molecule has 1 aromatic heterocycles. The Labute approximate surface area is 140 Å². The molecule has 1 amide bonds. The molecule has 1 saturated heterocycles. The summed E-state index contributed by atoms with van der Waals surface area (Å²) in [7, 11) is 1.58. The number of hydrogen-bond donors (Lipinski definition) is 2. The molecule has 1 aromatic carbocycles. The molecule has 0 spiro atoms. The van der Waals surface area contributed by atoms with Crippen LogP contribution >= 0.6 is 0 Å². The first-order valence-corrected chi connectivity index (χ1v) is 7.92. The summed E-state index contributed by atoms with van der Waals surface area (Å²) in [5.74, 6) is 1.47. The summed E-state index contributed by atoms with van der Waals surface area (Å²) >= 11 is 0. The molecule has 126 valence electrons. The Balaban J connectivity index is 1.59. The molecule has 24 heavy (non-hydrogen) atoms. The van der Waals surface area contributed by atoms with Gasteiger partial charge in [0.25, 0.3) is 0 Å². The highest BCUT2D eigenvalue weighted by atomic mass is 16.5. The zero-order chi connectivity index (χ0) is 16.9. The van der Waals surface area contributed by atoms with Crippen LogP contribution in [0.2, 0.25) is 0 Å². The van der Waals surface area contributed by atoms with Gasteiger partial charge in [-0.1, -0.05) is 0 Å². The van der Waals surface area contributed by atoms with Crippen molar-refractivity contribution >= 4 is 23.1 Å². The fourth-order valence-corrected chi connectivity index (χ4v) is 2.83. The molecule has 0 radical (unpaired) electrons. The van der Waals surface area contributed by atoms with E-state index in [1.807, 2.05) is 0 Å². The van der Waals surface area contributed by atoms with E-state index in [2.05, 4.69) is 20.2 Å². The molecule has 0 saturated carbocycles. The summed E-state index contributed by atoms with van der Waals surface area (Å²) in [6.07, 6.45) is 6.62. The number of hydrogen-bond acceptors (Lipinski definition) is 6. The maximum Gasteiger partial charge on any atom is 0.227 e. The van der Waals surface area contributed by atoms with Crippen molar-refractivity contribution in [1.29, 1.82) is 0 Å². The Morgan fingerprint density at radius 3 is 2.79 bits per heavy atom. The van der Waals surface area contributed by atoms with E-state index in [9.17, 15) is 4.79 Å². The van der Waals surface area contributed by atoms with Gasteiger partial charge < -0.3 is 20.7 Å². The van der Waals surface area contributed by atoms with Crippen LogP contribution in [-0.2, 0) is 4.79 Å². The third-order valence-corrected chi connectivity index (χ3v) is 4.26. The molecule has 0 atom stereocenters. The van der Waals surface area contributed by atoms with E-state index in [1.54, 1.807) is 43.9 Å². The van der Waals surface area contributed by atoms with Crippen LogP contribution < -0.4 is 20.7 Å². The molecule has 3 N–H and O–H groups in total. The van der Waals surface area contributed by atoms with E-state index in [0.717, 1.165) is 31.7 Å². The minimum absolute atomic E-state index is 0.00579. The third kappa shape index (κ3) is 3.56. The van der Waals surface area contributed by atoms with Gasteiger partial charge in [0, 0.05) is 37.5 Å². The Kier molecular flexibility index (Phi) is 4.79. The Hall–Kier alpha value is -2.83. The lowest BCUT2D eigenvalue weighted by atomic mass is 9.96. The van der Waals surface area contributed by atoms with Gasteiger partial charge in [-0.15, -0.1) is 0 Å². The number of piperidine rings is 1. The van der Waals surface area contributed by atoms with Gasteiger partial charge in [0.1, 0.15) is 11.6 Å². The highest BCUT2D eigenvalue weighted by Crippen LogP contribution is 2.27. The van der Waals surface area contributed by atoms with Crippen LogP contribution in [0.25, 0.3) is 0 Å². The van der Waals surface area contributed by atoms with E-state index in [0.29, 0.717) is 17.1 Å². The van der Waals surface area contributed by atoms with Gasteiger partial charge in [-0.05, 0) is 25.0 Å². The van der Waals surface area contributed by atoms with Crippen molar-refractivity contribution in [2.45, 2.75) is 12.8 Å². The summed E-state index contributed by atoms with van der Waals surface area (Å²) in [6, 6.07) is 5.23. The zero-order valence-electron chi connectivity index (χ0n) is 13.6. The van der Waals surface area contributed by atoms with Crippen molar-refractivity contribution in [3.8, 4) is 5.75 Å². The second-order valence-electron chi connectivity index (χ2n) is 5.77. The first kappa shape index (κ1) is 16.0. The lowest BCUT2D eigenvalue weighted by molar-refractivity contribution is -0.120. The van der Waals surface area contributed by atoms with Gasteiger partial charge in [-0.3, -0.25) is 9.78 Å². The molecule has 0 bridgehead atoms. The molecule has 1 aliphatic rings. The molecule has 1 aliphatic heterocycles. The monoisotopic (exact) mass is 327 g/mol. The summed E-state index contributed by atoms with van der Waals surface area (Å²) in [5.41, 5.74) is 7.05. The van der Waals surface area contributed by atoms with Gasteiger partial charge >= 0.3 is 0 Å². The van der Waals surface area contributed by atoms with Crippen LogP contribution in [0.15, 0.2) is 36.8 Å². The molecule has 7 heteroatoms. The number of nitrogens with two attached hydrogens (primary N) is 1. The number of benzene rings is 1. The number of anilines is 3. The molecule has 2 heterocycles. The van der Waals surface area contributed by atoms with Gasteiger partial charge in [0.2, 0.25) is 5.91 Å². The van der Waals surface area contributed by atoms with Crippen LogP contribution in [0.3, 0.4) is 0 Å². The Morgan fingerprint density at radius 1 is 1.33 bits per heavy atom. The number of nitrogens with one attached hydrogen (secondary N) is 1. The molecular formula is C17H21N5O2. The van der Waals surface area contributed by atoms with Gasteiger partial charge in [-0.2, -0.15) is 0 Å². The number of carbonyl (C=O) groups excluding carboxylic acids is 1.